The van der Waals surface area contributed by atoms with E-state index in [-0.39, 0.29) is 0 Å². The molecule has 20 heavy (non-hydrogen) atoms. The molecular formula is C14H11BrN4S. The first-order chi connectivity index (χ1) is 9.83. The van der Waals surface area contributed by atoms with Crippen molar-refractivity contribution in [3.05, 3.63) is 64.6 Å². The molecular weight excluding hydrogens is 336 g/mol. The van der Waals surface area contributed by atoms with Crippen LogP contribution in [-0.4, -0.2) is 20.2 Å². The SMILES string of the molecule is Brc1ccc(-n2nnnc2SCc2ccccc2)cc1. The number of benzene rings is 2. The van der Waals surface area contributed by atoms with Crippen molar-refractivity contribution >= 4 is 27.7 Å². The molecule has 0 bridgehead atoms. The largest absolute Gasteiger partial charge is 0.214 e. The third-order valence-electron chi connectivity index (χ3n) is 2.72. The molecule has 1 heterocycles. The second kappa shape index (κ2) is 6.19. The van der Waals surface area contributed by atoms with E-state index in [0.717, 1.165) is 21.1 Å². The third kappa shape index (κ3) is 3.08. The third-order valence-corrected chi connectivity index (χ3v) is 4.24. The monoisotopic (exact) mass is 346 g/mol. The number of hydrogen-bond acceptors (Lipinski definition) is 4. The van der Waals surface area contributed by atoms with Gasteiger partial charge in [-0.3, -0.25) is 0 Å². The van der Waals surface area contributed by atoms with Crippen LogP contribution in [0.1, 0.15) is 5.56 Å². The minimum Gasteiger partial charge on any atom is -0.187 e. The number of rotatable bonds is 4. The van der Waals surface area contributed by atoms with Gasteiger partial charge in [-0.1, -0.05) is 58.0 Å². The molecule has 0 N–H and O–H groups in total. The molecule has 100 valence electrons. The zero-order valence-corrected chi connectivity index (χ0v) is 12.9. The molecule has 0 aliphatic rings. The van der Waals surface area contributed by atoms with E-state index in [1.165, 1.54) is 5.56 Å². The lowest BCUT2D eigenvalue weighted by Gasteiger charge is -2.04. The lowest BCUT2D eigenvalue weighted by Crippen LogP contribution is -1.98. The van der Waals surface area contributed by atoms with Crippen molar-refractivity contribution < 1.29 is 0 Å². The van der Waals surface area contributed by atoms with Crippen LogP contribution in [0.4, 0.5) is 0 Å². The standard InChI is InChI=1S/C14H11BrN4S/c15-12-6-8-13(9-7-12)19-14(16-17-18-19)20-10-11-4-2-1-3-5-11/h1-9H,10H2. The Morgan fingerprint density at radius 2 is 1.75 bits per heavy atom. The Bertz CT molecular complexity index is 682. The minimum absolute atomic E-state index is 0.788. The number of hydrogen-bond donors (Lipinski definition) is 0. The predicted molar refractivity (Wildman–Crippen MR) is 82.9 cm³/mol. The summed E-state index contributed by atoms with van der Waals surface area (Å²) >= 11 is 5.04. The summed E-state index contributed by atoms with van der Waals surface area (Å²) < 4.78 is 2.79. The molecule has 3 rings (SSSR count). The quantitative estimate of drug-likeness (QED) is 0.675. The van der Waals surface area contributed by atoms with Crippen molar-refractivity contribution in [3.8, 4) is 5.69 Å². The van der Waals surface area contributed by atoms with Gasteiger partial charge in [0, 0.05) is 10.2 Å². The fourth-order valence-electron chi connectivity index (χ4n) is 1.74. The summed E-state index contributed by atoms with van der Waals surface area (Å²) in [6, 6.07) is 18.2. The maximum absolute atomic E-state index is 4.08. The summed E-state index contributed by atoms with van der Waals surface area (Å²) in [7, 11) is 0. The molecule has 6 heteroatoms. The fourth-order valence-corrected chi connectivity index (χ4v) is 2.85. The van der Waals surface area contributed by atoms with Crippen molar-refractivity contribution in [2.75, 3.05) is 0 Å². The maximum Gasteiger partial charge on any atom is 0.214 e. The zero-order valence-electron chi connectivity index (χ0n) is 10.5. The molecule has 0 saturated carbocycles. The fraction of sp³-hybridized carbons (Fsp3) is 0.0714. The van der Waals surface area contributed by atoms with E-state index in [4.69, 9.17) is 0 Å². The minimum atomic E-state index is 0.788. The Morgan fingerprint density at radius 3 is 2.50 bits per heavy atom. The summed E-state index contributed by atoms with van der Waals surface area (Å²) in [5.41, 5.74) is 2.21. The molecule has 0 amide bonds. The molecule has 3 aromatic rings. The molecule has 2 aromatic carbocycles. The average molecular weight is 347 g/mol. The van der Waals surface area contributed by atoms with E-state index < -0.39 is 0 Å². The normalized spacial score (nSPS) is 10.7. The van der Waals surface area contributed by atoms with Gasteiger partial charge in [-0.05, 0) is 40.3 Å². The Morgan fingerprint density at radius 1 is 1.00 bits per heavy atom. The highest BCUT2D eigenvalue weighted by Crippen LogP contribution is 2.23. The Balaban J connectivity index is 1.78. The van der Waals surface area contributed by atoms with Gasteiger partial charge in [-0.15, -0.1) is 5.10 Å². The van der Waals surface area contributed by atoms with Crippen molar-refractivity contribution in [2.24, 2.45) is 0 Å². The first-order valence-corrected chi connectivity index (χ1v) is 7.82. The first-order valence-electron chi connectivity index (χ1n) is 6.04. The molecule has 0 spiro atoms. The van der Waals surface area contributed by atoms with Gasteiger partial charge >= 0.3 is 0 Å². The van der Waals surface area contributed by atoms with Gasteiger partial charge < -0.3 is 0 Å². The maximum atomic E-state index is 4.08. The van der Waals surface area contributed by atoms with E-state index in [0.29, 0.717) is 0 Å². The predicted octanol–water partition coefficient (Wildman–Crippen LogP) is 3.72. The van der Waals surface area contributed by atoms with Crippen LogP contribution in [0.25, 0.3) is 5.69 Å². The average Bonchev–Trinajstić information content (AvgIpc) is 2.95. The highest BCUT2D eigenvalue weighted by molar-refractivity contribution is 9.10. The van der Waals surface area contributed by atoms with Crippen molar-refractivity contribution in [2.45, 2.75) is 10.9 Å². The number of nitrogens with zero attached hydrogens (tertiary/aromatic N) is 4. The van der Waals surface area contributed by atoms with Crippen LogP contribution in [0.15, 0.2) is 64.2 Å². The van der Waals surface area contributed by atoms with Crippen LogP contribution >= 0.6 is 27.7 Å². The summed E-state index contributed by atoms with van der Waals surface area (Å²) in [5.74, 6) is 0.845. The second-order valence-electron chi connectivity index (χ2n) is 4.12. The van der Waals surface area contributed by atoms with Crippen LogP contribution in [-0.2, 0) is 5.75 Å². The van der Waals surface area contributed by atoms with Gasteiger partial charge in [0.05, 0.1) is 5.69 Å². The molecule has 0 unspecified atom stereocenters. The molecule has 1 aromatic heterocycles. The van der Waals surface area contributed by atoms with Crippen LogP contribution in [0.5, 0.6) is 0 Å². The first kappa shape index (κ1) is 13.3. The number of thioether (sulfide) groups is 1. The molecule has 0 atom stereocenters. The molecule has 0 fully saturated rings. The summed E-state index contributed by atoms with van der Waals surface area (Å²) in [5, 5.41) is 12.7. The molecule has 0 radical (unpaired) electrons. The highest BCUT2D eigenvalue weighted by Gasteiger charge is 2.08. The molecule has 4 nitrogen and oxygen atoms in total. The summed E-state index contributed by atoms with van der Waals surface area (Å²) in [4.78, 5) is 0. The molecule has 0 aliphatic carbocycles. The van der Waals surface area contributed by atoms with Crippen LogP contribution in [0, 0.1) is 0 Å². The summed E-state index contributed by atoms with van der Waals surface area (Å²) in [6.45, 7) is 0. The van der Waals surface area contributed by atoms with Gasteiger partial charge in [0.1, 0.15) is 0 Å². The second-order valence-corrected chi connectivity index (χ2v) is 5.98. The van der Waals surface area contributed by atoms with Crippen molar-refractivity contribution in [1.29, 1.82) is 0 Å². The van der Waals surface area contributed by atoms with Gasteiger partial charge in [0.15, 0.2) is 0 Å². The highest BCUT2D eigenvalue weighted by atomic mass is 79.9. The number of tetrazole rings is 1. The topological polar surface area (TPSA) is 43.6 Å². The van der Waals surface area contributed by atoms with E-state index in [9.17, 15) is 0 Å². The Kier molecular flexibility index (Phi) is 4.13. The van der Waals surface area contributed by atoms with E-state index >= 15 is 0 Å². The van der Waals surface area contributed by atoms with Gasteiger partial charge in [-0.2, -0.15) is 4.68 Å². The zero-order chi connectivity index (χ0) is 13.8. The smallest absolute Gasteiger partial charge is 0.187 e. The van der Waals surface area contributed by atoms with Crippen LogP contribution in [0.3, 0.4) is 0 Å². The van der Waals surface area contributed by atoms with E-state index in [1.54, 1.807) is 16.4 Å². The van der Waals surface area contributed by atoms with Gasteiger partial charge in [0.2, 0.25) is 5.16 Å². The lowest BCUT2D eigenvalue weighted by atomic mass is 10.2. The Labute approximate surface area is 129 Å². The van der Waals surface area contributed by atoms with Crippen LogP contribution < -0.4 is 0 Å². The number of halogens is 1. The van der Waals surface area contributed by atoms with E-state index in [2.05, 4.69) is 43.6 Å². The van der Waals surface area contributed by atoms with Gasteiger partial charge in [-0.25, -0.2) is 0 Å². The van der Waals surface area contributed by atoms with Crippen molar-refractivity contribution in [1.82, 2.24) is 20.2 Å². The summed E-state index contributed by atoms with van der Waals surface area (Å²) in [6.07, 6.45) is 0. The van der Waals surface area contributed by atoms with E-state index in [1.807, 2.05) is 42.5 Å². The Hall–Kier alpha value is -1.66. The van der Waals surface area contributed by atoms with Gasteiger partial charge in [0.25, 0.3) is 0 Å². The molecule has 0 saturated heterocycles. The lowest BCUT2D eigenvalue weighted by molar-refractivity contribution is 0.756. The molecule has 0 aliphatic heterocycles. The van der Waals surface area contributed by atoms with Crippen LogP contribution in [0.2, 0.25) is 0 Å². The van der Waals surface area contributed by atoms with Crippen molar-refractivity contribution in [3.63, 3.8) is 0 Å². The number of aromatic nitrogens is 4.